The summed E-state index contributed by atoms with van der Waals surface area (Å²) >= 11 is 6.20. The van der Waals surface area contributed by atoms with Crippen molar-refractivity contribution in [1.82, 2.24) is 10.3 Å². The smallest absolute Gasteiger partial charge is 0.242 e. The minimum atomic E-state index is -0.673. The molecule has 0 aliphatic carbocycles. The molecule has 0 aliphatic rings. The van der Waals surface area contributed by atoms with Gasteiger partial charge in [-0.2, -0.15) is 0 Å². The molecule has 4 heteroatoms. The molecule has 0 radical (unpaired) electrons. The Morgan fingerprint density at radius 2 is 2.00 bits per heavy atom. The lowest BCUT2D eigenvalue weighted by Gasteiger charge is -2.13. The molecule has 1 amide bonds. The highest BCUT2D eigenvalue weighted by Gasteiger charge is 2.18. The van der Waals surface area contributed by atoms with Gasteiger partial charge in [0.2, 0.25) is 5.91 Å². The molecular formula is C15H17ClN2O. The highest BCUT2D eigenvalue weighted by Crippen LogP contribution is 2.24. The number of carbonyl (C=O) groups excluding carboxylic acids is 1. The van der Waals surface area contributed by atoms with Crippen LogP contribution in [-0.2, 0) is 4.79 Å². The predicted molar refractivity (Wildman–Crippen MR) is 78.4 cm³/mol. The van der Waals surface area contributed by atoms with E-state index in [1.165, 1.54) is 0 Å². The Morgan fingerprint density at radius 3 is 2.68 bits per heavy atom. The lowest BCUT2D eigenvalue weighted by atomic mass is 10.1. The van der Waals surface area contributed by atoms with Crippen LogP contribution in [0, 0.1) is 6.92 Å². The number of benzene rings is 1. The van der Waals surface area contributed by atoms with Crippen molar-refractivity contribution >= 4 is 28.4 Å². The van der Waals surface area contributed by atoms with E-state index in [1.807, 2.05) is 51.1 Å². The predicted octanol–water partition coefficient (Wildman–Crippen LogP) is 3.35. The number of hydrogen-bond acceptors (Lipinski definition) is 2. The molecule has 0 spiro atoms. The van der Waals surface area contributed by atoms with Crippen molar-refractivity contribution in [3.05, 3.63) is 41.6 Å². The Labute approximate surface area is 118 Å². The van der Waals surface area contributed by atoms with Gasteiger partial charge in [0.05, 0.1) is 5.52 Å². The fourth-order valence-corrected chi connectivity index (χ4v) is 2.11. The summed E-state index contributed by atoms with van der Waals surface area (Å²) < 4.78 is 0. The van der Waals surface area contributed by atoms with Gasteiger partial charge in [-0.25, -0.2) is 0 Å². The van der Waals surface area contributed by atoms with E-state index in [0.29, 0.717) is 0 Å². The van der Waals surface area contributed by atoms with Gasteiger partial charge in [0.15, 0.2) is 0 Å². The molecule has 0 fully saturated rings. The van der Waals surface area contributed by atoms with Crippen molar-refractivity contribution in [2.75, 3.05) is 0 Å². The van der Waals surface area contributed by atoms with Crippen LogP contribution in [0.2, 0.25) is 0 Å². The monoisotopic (exact) mass is 276 g/mol. The maximum absolute atomic E-state index is 11.9. The molecule has 0 bridgehead atoms. The molecular weight excluding hydrogens is 260 g/mol. The summed E-state index contributed by atoms with van der Waals surface area (Å²) in [4.78, 5) is 16.3. The van der Waals surface area contributed by atoms with Crippen LogP contribution < -0.4 is 5.32 Å². The minimum absolute atomic E-state index is 0.0820. The lowest BCUT2D eigenvalue weighted by molar-refractivity contribution is -0.121. The van der Waals surface area contributed by atoms with Gasteiger partial charge in [0.1, 0.15) is 5.38 Å². The summed E-state index contributed by atoms with van der Waals surface area (Å²) in [7, 11) is 0. The third kappa shape index (κ3) is 3.24. The largest absolute Gasteiger partial charge is 0.352 e. The van der Waals surface area contributed by atoms with E-state index in [9.17, 15) is 4.79 Å². The van der Waals surface area contributed by atoms with Gasteiger partial charge in [-0.3, -0.25) is 9.78 Å². The number of aromatic nitrogens is 1. The van der Waals surface area contributed by atoms with E-state index >= 15 is 0 Å². The van der Waals surface area contributed by atoms with Gasteiger partial charge in [-0.15, -0.1) is 11.6 Å². The number of alkyl halides is 1. The number of fused-ring (bicyclic) bond motifs is 1. The maximum Gasteiger partial charge on any atom is 0.242 e. The van der Waals surface area contributed by atoms with Crippen molar-refractivity contribution in [3.8, 4) is 0 Å². The molecule has 100 valence electrons. The number of rotatable bonds is 3. The summed E-state index contributed by atoms with van der Waals surface area (Å²) in [5.74, 6) is -0.170. The average Bonchev–Trinajstić information content (AvgIpc) is 2.36. The van der Waals surface area contributed by atoms with Crippen LogP contribution in [0.25, 0.3) is 10.9 Å². The number of hydrogen-bond donors (Lipinski definition) is 1. The Kier molecular flexibility index (Phi) is 4.05. The van der Waals surface area contributed by atoms with Crippen molar-refractivity contribution in [3.63, 3.8) is 0 Å². The Morgan fingerprint density at radius 1 is 1.26 bits per heavy atom. The third-order valence-electron chi connectivity index (χ3n) is 2.81. The van der Waals surface area contributed by atoms with Gasteiger partial charge in [-0.1, -0.05) is 12.1 Å². The third-order valence-corrected chi connectivity index (χ3v) is 3.26. The van der Waals surface area contributed by atoms with Crippen LogP contribution in [-0.4, -0.2) is 16.9 Å². The molecule has 1 unspecified atom stereocenters. The second-order valence-corrected chi connectivity index (χ2v) is 5.37. The topological polar surface area (TPSA) is 42.0 Å². The molecule has 1 aromatic heterocycles. The molecule has 1 atom stereocenters. The number of nitrogens with one attached hydrogen (secondary N) is 1. The fourth-order valence-electron chi connectivity index (χ4n) is 1.91. The first-order chi connectivity index (χ1) is 8.97. The average molecular weight is 277 g/mol. The zero-order valence-corrected chi connectivity index (χ0v) is 12.0. The Hall–Kier alpha value is -1.61. The first-order valence-corrected chi connectivity index (χ1v) is 6.73. The zero-order chi connectivity index (χ0) is 14.0. The molecule has 19 heavy (non-hydrogen) atoms. The highest BCUT2D eigenvalue weighted by molar-refractivity contribution is 6.30. The number of halogens is 1. The quantitative estimate of drug-likeness (QED) is 0.874. The maximum atomic E-state index is 11.9. The Bertz CT molecular complexity index is 610. The standard InChI is InChI=1S/C15H17ClN2O/c1-9(2)17-15(19)14(16)12-6-7-13-11(8-12)5-4-10(3)18-13/h4-9,14H,1-3H3,(H,17,19). The summed E-state index contributed by atoms with van der Waals surface area (Å²) in [6, 6.07) is 9.69. The number of amides is 1. The van der Waals surface area contributed by atoms with E-state index in [1.54, 1.807) is 0 Å². The number of pyridine rings is 1. The fraction of sp³-hybridized carbons (Fsp3) is 0.333. The zero-order valence-electron chi connectivity index (χ0n) is 11.3. The molecule has 2 rings (SSSR count). The van der Waals surface area contributed by atoms with Gasteiger partial charge < -0.3 is 5.32 Å². The van der Waals surface area contributed by atoms with E-state index in [-0.39, 0.29) is 11.9 Å². The molecule has 1 N–H and O–H groups in total. The van der Waals surface area contributed by atoms with Gasteiger partial charge >= 0.3 is 0 Å². The molecule has 2 aromatic rings. The van der Waals surface area contributed by atoms with E-state index < -0.39 is 5.38 Å². The van der Waals surface area contributed by atoms with Crippen LogP contribution in [0.5, 0.6) is 0 Å². The van der Waals surface area contributed by atoms with E-state index in [2.05, 4.69) is 10.3 Å². The van der Waals surface area contributed by atoms with Crippen molar-refractivity contribution in [2.24, 2.45) is 0 Å². The molecule has 1 heterocycles. The summed E-state index contributed by atoms with van der Waals surface area (Å²) in [5.41, 5.74) is 2.68. The van der Waals surface area contributed by atoms with Crippen LogP contribution in [0.4, 0.5) is 0 Å². The summed E-state index contributed by atoms with van der Waals surface area (Å²) in [5, 5.41) is 3.13. The second-order valence-electron chi connectivity index (χ2n) is 4.93. The van der Waals surface area contributed by atoms with Gasteiger partial charge in [-0.05, 0) is 44.5 Å². The SMILES string of the molecule is Cc1ccc2cc(C(Cl)C(=O)NC(C)C)ccc2n1. The van der Waals surface area contributed by atoms with Crippen LogP contribution in [0.3, 0.4) is 0 Å². The van der Waals surface area contributed by atoms with Crippen molar-refractivity contribution in [2.45, 2.75) is 32.2 Å². The first kappa shape index (κ1) is 13.8. The van der Waals surface area contributed by atoms with Crippen LogP contribution >= 0.6 is 11.6 Å². The molecule has 0 saturated heterocycles. The second kappa shape index (κ2) is 5.57. The Balaban J connectivity index is 2.30. The van der Waals surface area contributed by atoms with E-state index in [4.69, 9.17) is 11.6 Å². The van der Waals surface area contributed by atoms with Crippen molar-refractivity contribution in [1.29, 1.82) is 0 Å². The van der Waals surface area contributed by atoms with Crippen molar-refractivity contribution < 1.29 is 4.79 Å². The van der Waals surface area contributed by atoms with Gasteiger partial charge in [0.25, 0.3) is 0 Å². The minimum Gasteiger partial charge on any atom is -0.352 e. The highest BCUT2D eigenvalue weighted by atomic mass is 35.5. The number of nitrogens with zero attached hydrogens (tertiary/aromatic N) is 1. The normalized spacial score (nSPS) is 12.7. The van der Waals surface area contributed by atoms with E-state index in [0.717, 1.165) is 22.2 Å². The van der Waals surface area contributed by atoms with Crippen LogP contribution in [0.15, 0.2) is 30.3 Å². The lowest BCUT2D eigenvalue weighted by Crippen LogP contribution is -2.32. The summed E-state index contributed by atoms with van der Waals surface area (Å²) in [6.07, 6.45) is 0. The first-order valence-electron chi connectivity index (χ1n) is 6.29. The molecule has 0 saturated carbocycles. The van der Waals surface area contributed by atoms with Gasteiger partial charge in [0, 0.05) is 17.1 Å². The number of carbonyl (C=O) groups is 1. The molecule has 3 nitrogen and oxygen atoms in total. The molecule has 0 aliphatic heterocycles. The molecule has 1 aromatic carbocycles. The van der Waals surface area contributed by atoms with Crippen LogP contribution in [0.1, 0.15) is 30.5 Å². The number of aryl methyl sites for hydroxylation is 1. The summed E-state index contributed by atoms with van der Waals surface area (Å²) in [6.45, 7) is 5.77.